The third-order valence-electron chi connectivity index (χ3n) is 3.17. The Kier molecular flexibility index (Phi) is 4.40. The fraction of sp³-hybridized carbons (Fsp3) is 0.111. The Morgan fingerprint density at radius 2 is 1.75 bits per heavy atom. The van der Waals surface area contributed by atoms with E-state index in [2.05, 4.69) is 9.72 Å². The highest BCUT2D eigenvalue weighted by molar-refractivity contribution is 7.13. The summed E-state index contributed by atoms with van der Waals surface area (Å²) < 4.78 is 30.0. The van der Waals surface area contributed by atoms with Crippen LogP contribution in [-0.4, -0.2) is 16.9 Å². The van der Waals surface area contributed by atoms with E-state index < -0.39 is 6.11 Å². The van der Waals surface area contributed by atoms with Crippen LogP contribution in [-0.2, 0) is 0 Å². The van der Waals surface area contributed by atoms with Crippen LogP contribution in [0.3, 0.4) is 0 Å². The van der Waals surface area contributed by atoms with Gasteiger partial charge in [0.15, 0.2) is 0 Å². The Balaban J connectivity index is 1.79. The quantitative estimate of drug-likeness (QED) is 0.609. The van der Waals surface area contributed by atoms with Crippen molar-refractivity contribution in [2.45, 2.75) is 13.0 Å². The van der Waals surface area contributed by atoms with E-state index >= 15 is 0 Å². The first-order valence-corrected chi connectivity index (χ1v) is 8.03. The average molecular weight is 345 g/mol. The van der Waals surface area contributed by atoms with E-state index in [0.29, 0.717) is 18.2 Å². The lowest BCUT2D eigenvalue weighted by Crippen LogP contribution is -2.19. The predicted molar refractivity (Wildman–Crippen MR) is 88.7 cm³/mol. The van der Waals surface area contributed by atoms with Crippen molar-refractivity contribution in [3.8, 4) is 16.3 Å². The van der Waals surface area contributed by atoms with Crippen molar-refractivity contribution in [1.29, 1.82) is 0 Å². The van der Waals surface area contributed by atoms with Gasteiger partial charge in [-0.15, -0.1) is 11.3 Å². The number of hydrogen-bond acceptors (Lipinski definition) is 4. The minimum absolute atomic E-state index is 0.00213. The molecule has 3 aromatic rings. The van der Waals surface area contributed by atoms with Gasteiger partial charge in [0, 0.05) is 23.4 Å². The third kappa shape index (κ3) is 3.83. The Bertz CT molecular complexity index is 839. The molecule has 0 aliphatic rings. The van der Waals surface area contributed by atoms with Gasteiger partial charge in [-0.3, -0.25) is 4.79 Å². The molecule has 122 valence electrons. The number of rotatable bonds is 5. The number of ether oxygens (including phenoxy) is 1. The number of halogens is 2. The standard InChI is InChI=1S/C18H13F2NO2S/c1-18(19,20)23-14-9-7-12(8-10-14)16(22)15-11-24-17(21-15)13-5-3-2-4-6-13/h2-11H,1H3. The van der Waals surface area contributed by atoms with Crippen LogP contribution >= 0.6 is 11.3 Å². The van der Waals surface area contributed by atoms with Crippen molar-refractivity contribution >= 4 is 17.1 Å². The molecule has 0 aliphatic heterocycles. The van der Waals surface area contributed by atoms with E-state index in [4.69, 9.17) is 0 Å². The van der Waals surface area contributed by atoms with Gasteiger partial charge < -0.3 is 4.74 Å². The number of benzene rings is 2. The molecule has 0 radical (unpaired) electrons. The van der Waals surface area contributed by atoms with Crippen molar-refractivity contribution in [2.75, 3.05) is 0 Å². The summed E-state index contributed by atoms with van der Waals surface area (Å²) >= 11 is 1.38. The molecule has 0 saturated heterocycles. The van der Waals surface area contributed by atoms with Gasteiger partial charge in [-0.1, -0.05) is 30.3 Å². The summed E-state index contributed by atoms with van der Waals surface area (Å²) in [4.78, 5) is 16.8. The zero-order valence-corrected chi connectivity index (χ0v) is 13.5. The van der Waals surface area contributed by atoms with Crippen molar-refractivity contribution in [1.82, 2.24) is 4.98 Å². The lowest BCUT2D eigenvalue weighted by Gasteiger charge is -2.12. The molecule has 0 unspecified atom stereocenters. The highest BCUT2D eigenvalue weighted by Gasteiger charge is 2.23. The van der Waals surface area contributed by atoms with Gasteiger partial charge in [-0.25, -0.2) is 4.98 Å². The number of carbonyl (C=O) groups is 1. The summed E-state index contributed by atoms with van der Waals surface area (Å²) in [6.07, 6.45) is -3.26. The van der Waals surface area contributed by atoms with Gasteiger partial charge in [0.2, 0.25) is 5.78 Å². The second-order valence-electron chi connectivity index (χ2n) is 5.17. The van der Waals surface area contributed by atoms with Crippen LogP contribution in [0.5, 0.6) is 5.75 Å². The predicted octanol–water partition coefficient (Wildman–Crippen LogP) is 5.03. The fourth-order valence-corrected chi connectivity index (χ4v) is 2.93. The molecule has 0 spiro atoms. The van der Waals surface area contributed by atoms with Crippen molar-refractivity contribution in [2.24, 2.45) is 0 Å². The monoisotopic (exact) mass is 345 g/mol. The summed E-state index contributed by atoms with van der Waals surface area (Å²) in [5, 5.41) is 2.44. The molecule has 3 nitrogen and oxygen atoms in total. The number of aromatic nitrogens is 1. The average Bonchev–Trinajstić information content (AvgIpc) is 3.04. The second-order valence-corrected chi connectivity index (χ2v) is 6.03. The summed E-state index contributed by atoms with van der Waals surface area (Å²) in [7, 11) is 0. The smallest absolute Gasteiger partial charge is 0.394 e. The van der Waals surface area contributed by atoms with Gasteiger partial charge in [0.05, 0.1) is 0 Å². The molecule has 0 fully saturated rings. The molecule has 0 N–H and O–H groups in total. The molecule has 1 aromatic heterocycles. The lowest BCUT2D eigenvalue weighted by atomic mass is 10.1. The topological polar surface area (TPSA) is 39.2 Å². The largest absolute Gasteiger partial charge is 0.433 e. The zero-order valence-electron chi connectivity index (χ0n) is 12.7. The Hall–Kier alpha value is -2.60. The minimum Gasteiger partial charge on any atom is -0.433 e. The van der Waals surface area contributed by atoms with Gasteiger partial charge in [0.1, 0.15) is 16.5 Å². The maximum Gasteiger partial charge on any atom is 0.394 e. The molecule has 3 rings (SSSR count). The molecule has 0 bridgehead atoms. The first-order chi connectivity index (χ1) is 11.4. The van der Waals surface area contributed by atoms with Crippen LogP contribution in [0.4, 0.5) is 8.78 Å². The van der Waals surface area contributed by atoms with E-state index in [9.17, 15) is 13.6 Å². The Morgan fingerprint density at radius 3 is 2.38 bits per heavy atom. The van der Waals surface area contributed by atoms with E-state index in [1.807, 2.05) is 30.3 Å². The normalized spacial score (nSPS) is 11.3. The number of hydrogen-bond donors (Lipinski definition) is 0. The fourth-order valence-electron chi connectivity index (χ4n) is 2.12. The van der Waals surface area contributed by atoms with Crippen molar-refractivity contribution in [3.63, 3.8) is 0 Å². The first kappa shape index (κ1) is 16.3. The molecular formula is C18H13F2NO2S. The minimum atomic E-state index is -3.26. The maximum atomic E-state index is 12.8. The molecule has 0 amide bonds. The molecule has 0 saturated carbocycles. The van der Waals surface area contributed by atoms with E-state index in [1.165, 1.54) is 35.6 Å². The number of nitrogens with zero attached hydrogens (tertiary/aromatic N) is 1. The highest BCUT2D eigenvalue weighted by Crippen LogP contribution is 2.26. The maximum absolute atomic E-state index is 12.8. The number of ketones is 1. The van der Waals surface area contributed by atoms with Gasteiger partial charge in [-0.05, 0) is 24.3 Å². The van der Waals surface area contributed by atoms with Gasteiger partial charge in [-0.2, -0.15) is 8.78 Å². The summed E-state index contributed by atoms with van der Waals surface area (Å²) in [6, 6.07) is 15.1. The van der Waals surface area contributed by atoms with Gasteiger partial charge >= 0.3 is 6.11 Å². The van der Waals surface area contributed by atoms with Crippen LogP contribution in [0, 0.1) is 0 Å². The van der Waals surface area contributed by atoms with Gasteiger partial charge in [0.25, 0.3) is 0 Å². The third-order valence-corrected chi connectivity index (χ3v) is 4.06. The van der Waals surface area contributed by atoms with E-state index in [-0.39, 0.29) is 11.5 Å². The highest BCUT2D eigenvalue weighted by atomic mass is 32.1. The number of thiazole rings is 1. The Morgan fingerprint density at radius 1 is 1.08 bits per heavy atom. The zero-order chi connectivity index (χ0) is 17.2. The molecule has 6 heteroatoms. The second kappa shape index (κ2) is 6.49. The number of alkyl halides is 2. The lowest BCUT2D eigenvalue weighted by molar-refractivity contribution is -0.158. The molecule has 24 heavy (non-hydrogen) atoms. The first-order valence-electron chi connectivity index (χ1n) is 7.15. The van der Waals surface area contributed by atoms with Crippen LogP contribution in [0.15, 0.2) is 60.0 Å². The Labute approximate surface area is 141 Å². The SMILES string of the molecule is CC(F)(F)Oc1ccc(C(=O)c2csc(-c3ccccc3)n2)cc1. The molecule has 1 heterocycles. The van der Waals surface area contributed by atoms with E-state index in [1.54, 1.807) is 5.38 Å². The molecular weight excluding hydrogens is 332 g/mol. The summed E-state index contributed by atoms with van der Waals surface area (Å²) in [6.45, 7) is 0.659. The van der Waals surface area contributed by atoms with Crippen LogP contribution < -0.4 is 4.74 Å². The molecule has 0 atom stereocenters. The number of carbonyl (C=O) groups excluding carboxylic acids is 1. The van der Waals surface area contributed by atoms with E-state index in [0.717, 1.165) is 10.6 Å². The van der Waals surface area contributed by atoms with Crippen LogP contribution in [0.25, 0.3) is 10.6 Å². The summed E-state index contributed by atoms with van der Waals surface area (Å²) in [5.41, 5.74) is 1.63. The van der Waals surface area contributed by atoms with Crippen molar-refractivity contribution < 1.29 is 18.3 Å². The molecule has 2 aromatic carbocycles. The van der Waals surface area contributed by atoms with Crippen LogP contribution in [0.1, 0.15) is 23.0 Å². The van der Waals surface area contributed by atoms with Crippen molar-refractivity contribution in [3.05, 3.63) is 71.2 Å². The molecule has 0 aliphatic carbocycles. The summed E-state index contributed by atoms with van der Waals surface area (Å²) in [5.74, 6) is -0.259. The van der Waals surface area contributed by atoms with Crippen LogP contribution in [0.2, 0.25) is 0 Å².